The summed E-state index contributed by atoms with van der Waals surface area (Å²) in [4.78, 5) is 16.5. The van der Waals surface area contributed by atoms with Gasteiger partial charge in [-0.05, 0) is 38.8 Å². The number of carbonyl (C=O) groups is 1. The zero-order valence-electron chi connectivity index (χ0n) is 13.6. The molecule has 0 spiro atoms. The second kappa shape index (κ2) is 8.71. The number of likely N-dealkylation sites (N-methyl/N-ethyl adjacent to an activating group) is 1. The van der Waals surface area contributed by atoms with Crippen molar-refractivity contribution in [1.29, 1.82) is 0 Å². The molecule has 2 aliphatic rings. The lowest BCUT2D eigenvalue weighted by Crippen LogP contribution is -2.39. The zero-order valence-corrected chi connectivity index (χ0v) is 13.6. The normalized spacial score (nSPS) is 24.0. The summed E-state index contributed by atoms with van der Waals surface area (Å²) in [6, 6.07) is 0.825. The summed E-state index contributed by atoms with van der Waals surface area (Å²) in [5, 5.41) is 3.09. The van der Waals surface area contributed by atoms with Crippen LogP contribution in [-0.2, 0) is 9.53 Å². The topological polar surface area (TPSA) is 44.8 Å². The first-order valence-electron chi connectivity index (χ1n) is 8.37. The van der Waals surface area contributed by atoms with E-state index < -0.39 is 0 Å². The highest BCUT2D eigenvalue weighted by Crippen LogP contribution is 2.28. The van der Waals surface area contributed by atoms with Gasteiger partial charge in [0.2, 0.25) is 5.91 Å². The Morgan fingerprint density at radius 1 is 1.33 bits per heavy atom. The van der Waals surface area contributed by atoms with E-state index in [9.17, 15) is 4.79 Å². The summed E-state index contributed by atoms with van der Waals surface area (Å²) in [7, 11) is 3.64. The number of ether oxygens (including phenoxy) is 1. The second-order valence-corrected chi connectivity index (χ2v) is 6.62. The van der Waals surface area contributed by atoms with Crippen LogP contribution in [0.4, 0.5) is 0 Å². The fourth-order valence-electron chi connectivity index (χ4n) is 3.52. The second-order valence-electron chi connectivity index (χ2n) is 6.62. The van der Waals surface area contributed by atoms with Gasteiger partial charge in [-0.2, -0.15) is 0 Å². The Labute approximate surface area is 129 Å². The Hall–Kier alpha value is -0.650. The van der Waals surface area contributed by atoms with E-state index in [1.54, 1.807) is 7.11 Å². The average molecular weight is 297 g/mol. The predicted octanol–water partition coefficient (Wildman–Crippen LogP) is 0.945. The lowest BCUT2D eigenvalue weighted by molar-refractivity contribution is -0.122. The molecule has 2 rings (SSSR count). The molecule has 5 nitrogen and oxygen atoms in total. The first kappa shape index (κ1) is 16.7. The van der Waals surface area contributed by atoms with E-state index in [1.807, 2.05) is 11.9 Å². The third kappa shape index (κ3) is 5.57. The summed E-state index contributed by atoms with van der Waals surface area (Å²) in [6.07, 6.45) is 6.79. The summed E-state index contributed by atoms with van der Waals surface area (Å²) >= 11 is 0. The SMILES string of the molecule is COCCN(C)CC(=O)NC[C@@H]1CCN(C2CCCC2)C1. The molecular formula is C16H31N3O2. The van der Waals surface area contributed by atoms with E-state index in [0.29, 0.717) is 19.1 Å². The maximum Gasteiger partial charge on any atom is 0.234 e. The molecule has 0 aromatic rings. The van der Waals surface area contributed by atoms with Gasteiger partial charge in [-0.15, -0.1) is 0 Å². The summed E-state index contributed by atoms with van der Waals surface area (Å²) in [5.41, 5.74) is 0. The molecular weight excluding hydrogens is 266 g/mol. The molecule has 5 heteroatoms. The fourth-order valence-corrected chi connectivity index (χ4v) is 3.52. The van der Waals surface area contributed by atoms with Crippen LogP contribution < -0.4 is 5.32 Å². The van der Waals surface area contributed by atoms with Gasteiger partial charge in [0.1, 0.15) is 0 Å². The van der Waals surface area contributed by atoms with Gasteiger partial charge in [-0.1, -0.05) is 12.8 Å². The summed E-state index contributed by atoms with van der Waals surface area (Å²) in [6.45, 7) is 5.15. The van der Waals surface area contributed by atoms with E-state index >= 15 is 0 Å². The molecule has 1 heterocycles. The molecule has 1 N–H and O–H groups in total. The van der Waals surface area contributed by atoms with Gasteiger partial charge in [-0.25, -0.2) is 0 Å². The van der Waals surface area contributed by atoms with Crippen LogP contribution in [0.25, 0.3) is 0 Å². The monoisotopic (exact) mass is 297 g/mol. The molecule has 1 aliphatic carbocycles. The molecule has 21 heavy (non-hydrogen) atoms. The van der Waals surface area contributed by atoms with Crippen molar-refractivity contribution in [2.45, 2.75) is 38.1 Å². The minimum absolute atomic E-state index is 0.132. The highest BCUT2D eigenvalue weighted by atomic mass is 16.5. The molecule has 1 atom stereocenters. The fraction of sp³-hybridized carbons (Fsp3) is 0.938. The van der Waals surface area contributed by atoms with Crippen LogP contribution in [-0.4, -0.2) is 75.2 Å². The van der Waals surface area contributed by atoms with E-state index in [2.05, 4.69) is 10.2 Å². The molecule has 1 saturated heterocycles. The van der Waals surface area contributed by atoms with Crippen LogP contribution in [0.15, 0.2) is 0 Å². The minimum atomic E-state index is 0.132. The number of amides is 1. The van der Waals surface area contributed by atoms with Crippen LogP contribution in [0.5, 0.6) is 0 Å². The zero-order chi connectivity index (χ0) is 15.1. The Balaban J connectivity index is 1.59. The first-order chi connectivity index (χ1) is 10.2. The minimum Gasteiger partial charge on any atom is -0.383 e. The van der Waals surface area contributed by atoms with Crippen molar-refractivity contribution in [2.75, 3.05) is 53.5 Å². The van der Waals surface area contributed by atoms with Gasteiger partial charge in [0.05, 0.1) is 13.2 Å². The largest absolute Gasteiger partial charge is 0.383 e. The van der Waals surface area contributed by atoms with Crippen molar-refractivity contribution in [2.24, 2.45) is 5.92 Å². The predicted molar refractivity (Wildman–Crippen MR) is 84.3 cm³/mol. The Bertz CT molecular complexity index is 319. The number of rotatable bonds is 8. The van der Waals surface area contributed by atoms with Crippen LogP contribution in [0.1, 0.15) is 32.1 Å². The molecule has 0 aromatic carbocycles. The van der Waals surface area contributed by atoms with E-state index in [-0.39, 0.29) is 5.91 Å². The lowest BCUT2D eigenvalue weighted by atomic mass is 10.1. The van der Waals surface area contributed by atoms with E-state index in [0.717, 1.165) is 19.1 Å². The molecule has 1 saturated carbocycles. The Morgan fingerprint density at radius 3 is 2.81 bits per heavy atom. The molecule has 1 aliphatic heterocycles. The number of carbonyl (C=O) groups excluding carboxylic acids is 1. The highest BCUT2D eigenvalue weighted by Gasteiger charge is 2.29. The van der Waals surface area contributed by atoms with Crippen LogP contribution >= 0.6 is 0 Å². The Morgan fingerprint density at radius 2 is 2.10 bits per heavy atom. The maximum atomic E-state index is 11.9. The first-order valence-corrected chi connectivity index (χ1v) is 8.37. The van der Waals surface area contributed by atoms with Gasteiger partial charge in [0.25, 0.3) is 0 Å². The van der Waals surface area contributed by atoms with Crippen molar-refractivity contribution in [3.8, 4) is 0 Å². The van der Waals surface area contributed by atoms with Crippen molar-refractivity contribution in [3.63, 3.8) is 0 Å². The molecule has 0 aromatic heterocycles. The Kier molecular flexibility index (Phi) is 6.93. The van der Waals surface area contributed by atoms with Crippen LogP contribution in [0.2, 0.25) is 0 Å². The average Bonchev–Trinajstić information content (AvgIpc) is 3.13. The highest BCUT2D eigenvalue weighted by molar-refractivity contribution is 5.77. The van der Waals surface area contributed by atoms with Gasteiger partial charge in [0, 0.05) is 32.8 Å². The van der Waals surface area contributed by atoms with Crippen molar-refractivity contribution in [3.05, 3.63) is 0 Å². The third-order valence-electron chi connectivity index (χ3n) is 4.84. The number of nitrogens with one attached hydrogen (secondary N) is 1. The number of hydrogen-bond acceptors (Lipinski definition) is 4. The van der Waals surface area contributed by atoms with Gasteiger partial charge >= 0.3 is 0 Å². The van der Waals surface area contributed by atoms with Crippen LogP contribution in [0, 0.1) is 5.92 Å². The molecule has 0 bridgehead atoms. The molecule has 1 amide bonds. The summed E-state index contributed by atoms with van der Waals surface area (Å²) in [5.74, 6) is 0.770. The quantitative estimate of drug-likeness (QED) is 0.724. The molecule has 0 unspecified atom stereocenters. The number of methoxy groups -OCH3 is 1. The lowest BCUT2D eigenvalue weighted by Gasteiger charge is -2.23. The maximum absolute atomic E-state index is 11.9. The summed E-state index contributed by atoms with van der Waals surface area (Å²) < 4.78 is 5.02. The van der Waals surface area contributed by atoms with Crippen molar-refractivity contribution < 1.29 is 9.53 Å². The number of hydrogen-bond donors (Lipinski definition) is 1. The van der Waals surface area contributed by atoms with Crippen molar-refractivity contribution in [1.82, 2.24) is 15.1 Å². The van der Waals surface area contributed by atoms with Gasteiger partial charge in [0.15, 0.2) is 0 Å². The van der Waals surface area contributed by atoms with Crippen LogP contribution in [0.3, 0.4) is 0 Å². The van der Waals surface area contributed by atoms with Gasteiger partial charge in [-0.3, -0.25) is 9.69 Å². The standard InChI is InChI=1S/C16H31N3O2/c1-18(9-10-21-2)13-16(20)17-11-14-7-8-19(12-14)15-5-3-4-6-15/h14-15H,3-13H2,1-2H3,(H,17,20)/t14-/m0/s1. The van der Waals surface area contributed by atoms with Gasteiger partial charge < -0.3 is 15.0 Å². The smallest absolute Gasteiger partial charge is 0.234 e. The van der Waals surface area contributed by atoms with Crippen molar-refractivity contribution >= 4 is 5.91 Å². The molecule has 2 fully saturated rings. The third-order valence-corrected chi connectivity index (χ3v) is 4.84. The molecule has 122 valence electrons. The number of likely N-dealkylation sites (tertiary alicyclic amines) is 1. The van der Waals surface area contributed by atoms with E-state index in [4.69, 9.17) is 4.74 Å². The number of nitrogens with zero attached hydrogens (tertiary/aromatic N) is 2. The molecule has 0 radical (unpaired) electrons. The van der Waals surface area contributed by atoms with E-state index in [1.165, 1.54) is 45.2 Å².